The van der Waals surface area contributed by atoms with E-state index in [1.165, 1.54) is 30.8 Å². The number of rotatable bonds is 1. The zero-order chi connectivity index (χ0) is 12.7. The molecule has 2 nitrogen and oxygen atoms in total. The van der Waals surface area contributed by atoms with E-state index >= 15 is 0 Å². The molecule has 0 aliphatic heterocycles. The molecule has 0 saturated carbocycles. The number of hydrogen-bond acceptors (Lipinski definition) is 1. The molecule has 1 aromatic heterocycles. The van der Waals surface area contributed by atoms with Gasteiger partial charge in [0.2, 0.25) is 0 Å². The quantitative estimate of drug-likeness (QED) is 0.730. The van der Waals surface area contributed by atoms with Crippen molar-refractivity contribution in [2.75, 3.05) is 0 Å². The van der Waals surface area contributed by atoms with E-state index in [0.717, 1.165) is 13.8 Å². The van der Waals surface area contributed by atoms with E-state index in [0.29, 0.717) is 5.56 Å². The molecule has 0 unspecified atom stereocenters. The maximum Gasteiger partial charge on any atom is 0.397 e. The van der Waals surface area contributed by atoms with Crippen molar-refractivity contribution in [2.24, 2.45) is 7.05 Å². The Kier molecular flexibility index (Phi) is 2.92. The highest BCUT2D eigenvalue weighted by molar-refractivity contribution is 5.26. The molecule has 0 aliphatic rings. The van der Waals surface area contributed by atoms with E-state index in [2.05, 4.69) is 0 Å². The standard InChI is InChI=1S/C11H14F3NO/c1-7-5-8(6-15(4)9(7)16)10(2,3)11(12,13)14/h5-6H,1-4H3. The first-order valence-electron chi connectivity index (χ1n) is 4.82. The molecule has 0 aliphatic carbocycles. The lowest BCUT2D eigenvalue weighted by molar-refractivity contribution is -0.180. The minimum atomic E-state index is -4.34. The van der Waals surface area contributed by atoms with Gasteiger partial charge < -0.3 is 4.57 Å². The lowest BCUT2D eigenvalue weighted by atomic mass is 9.84. The smallest absolute Gasteiger partial charge is 0.318 e. The molecule has 16 heavy (non-hydrogen) atoms. The highest BCUT2D eigenvalue weighted by Crippen LogP contribution is 2.40. The van der Waals surface area contributed by atoms with Crippen LogP contribution in [0.4, 0.5) is 13.2 Å². The summed E-state index contributed by atoms with van der Waals surface area (Å²) >= 11 is 0. The molecule has 0 fully saturated rings. The Morgan fingerprint density at radius 1 is 1.25 bits per heavy atom. The van der Waals surface area contributed by atoms with Crippen LogP contribution in [0, 0.1) is 6.92 Å². The molecule has 1 aromatic rings. The van der Waals surface area contributed by atoms with Crippen LogP contribution in [0.15, 0.2) is 17.1 Å². The largest absolute Gasteiger partial charge is 0.397 e. The molecule has 0 N–H and O–H groups in total. The van der Waals surface area contributed by atoms with Crippen LogP contribution in [-0.2, 0) is 12.5 Å². The first-order valence-corrected chi connectivity index (χ1v) is 4.82. The van der Waals surface area contributed by atoms with Crippen molar-refractivity contribution >= 4 is 0 Å². The molecule has 0 radical (unpaired) electrons. The monoisotopic (exact) mass is 233 g/mol. The Bertz CT molecular complexity index is 431. The summed E-state index contributed by atoms with van der Waals surface area (Å²) in [5.41, 5.74) is -1.82. The predicted molar refractivity (Wildman–Crippen MR) is 55.5 cm³/mol. The molecule has 0 atom stereocenters. The van der Waals surface area contributed by atoms with Gasteiger partial charge in [-0.1, -0.05) is 0 Å². The molecular formula is C11H14F3NO. The summed E-state index contributed by atoms with van der Waals surface area (Å²) in [7, 11) is 1.45. The van der Waals surface area contributed by atoms with Crippen LogP contribution in [0.5, 0.6) is 0 Å². The molecule has 1 rings (SSSR count). The average molecular weight is 233 g/mol. The number of hydrogen-bond donors (Lipinski definition) is 0. The van der Waals surface area contributed by atoms with Crippen molar-refractivity contribution in [3.05, 3.63) is 33.7 Å². The third kappa shape index (κ3) is 1.99. The number of nitrogens with zero attached hydrogens (tertiary/aromatic N) is 1. The van der Waals surface area contributed by atoms with Gasteiger partial charge in [0.1, 0.15) is 0 Å². The van der Waals surface area contributed by atoms with Crippen LogP contribution in [0.3, 0.4) is 0 Å². The Morgan fingerprint density at radius 3 is 2.12 bits per heavy atom. The van der Waals surface area contributed by atoms with E-state index in [1.54, 1.807) is 0 Å². The summed E-state index contributed by atoms with van der Waals surface area (Å²) in [5.74, 6) is 0. The second-order valence-electron chi connectivity index (χ2n) is 4.45. The van der Waals surface area contributed by atoms with Crippen molar-refractivity contribution in [2.45, 2.75) is 32.4 Å². The van der Waals surface area contributed by atoms with Crippen molar-refractivity contribution in [3.63, 3.8) is 0 Å². The molecule has 0 spiro atoms. The minimum Gasteiger partial charge on any atom is -0.318 e. The van der Waals surface area contributed by atoms with Gasteiger partial charge in [-0.15, -0.1) is 0 Å². The molecule has 0 aromatic carbocycles. The zero-order valence-electron chi connectivity index (χ0n) is 9.64. The summed E-state index contributed by atoms with van der Waals surface area (Å²) in [6.07, 6.45) is -3.10. The fourth-order valence-electron chi connectivity index (χ4n) is 1.38. The van der Waals surface area contributed by atoms with Crippen molar-refractivity contribution in [3.8, 4) is 0 Å². The maximum atomic E-state index is 12.8. The molecular weight excluding hydrogens is 219 g/mol. The summed E-state index contributed by atoms with van der Waals surface area (Å²) < 4.78 is 39.6. The van der Waals surface area contributed by atoms with Crippen LogP contribution in [0.25, 0.3) is 0 Å². The molecule has 0 amide bonds. The fourth-order valence-corrected chi connectivity index (χ4v) is 1.38. The van der Waals surface area contributed by atoms with Crippen LogP contribution in [0.1, 0.15) is 25.0 Å². The van der Waals surface area contributed by atoms with Gasteiger partial charge in [-0.05, 0) is 32.4 Å². The summed E-state index contributed by atoms with van der Waals surface area (Å²) in [4.78, 5) is 11.4. The van der Waals surface area contributed by atoms with Gasteiger partial charge in [-0.3, -0.25) is 4.79 Å². The summed E-state index contributed by atoms with van der Waals surface area (Å²) in [6.45, 7) is 3.72. The normalized spacial score (nSPS) is 12.9. The second-order valence-corrected chi connectivity index (χ2v) is 4.45. The van der Waals surface area contributed by atoms with E-state index in [4.69, 9.17) is 0 Å². The summed E-state index contributed by atoms with van der Waals surface area (Å²) in [6, 6.07) is 1.30. The Hall–Kier alpha value is -1.26. The highest BCUT2D eigenvalue weighted by Gasteiger charge is 2.48. The SMILES string of the molecule is Cc1cc(C(C)(C)C(F)(F)F)cn(C)c1=O. The van der Waals surface area contributed by atoms with Crippen molar-refractivity contribution in [1.29, 1.82) is 0 Å². The first kappa shape index (κ1) is 12.8. The van der Waals surface area contributed by atoms with Gasteiger partial charge in [0, 0.05) is 18.8 Å². The van der Waals surface area contributed by atoms with Gasteiger partial charge in [0.05, 0.1) is 5.41 Å². The van der Waals surface area contributed by atoms with E-state index in [-0.39, 0.29) is 11.1 Å². The van der Waals surface area contributed by atoms with Crippen LogP contribution >= 0.6 is 0 Å². The molecule has 0 bridgehead atoms. The highest BCUT2D eigenvalue weighted by atomic mass is 19.4. The molecule has 0 saturated heterocycles. The lowest BCUT2D eigenvalue weighted by Gasteiger charge is -2.28. The fraction of sp³-hybridized carbons (Fsp3) is 0.545. The second kappa shape index (κ2) is 3.64. The van der Waals surface area contributed by atoms with Crippen molar-refractivity contribution < 1.29 is 13.2 Å². The van der Waals surface area contributed by atoms with E-state index in [9.17, 15) is 18.0 Å². The predicted octanol–water partition coefficient (Wildman–Crippen LogP) is 2.53. The van der Waals surface area contributed by atoms with Gasteiger partial charge in [-0.2, -0.15) is 13.2 Å². The number of aryl methyl sites for hydroxylation is 2. The van der Waals surface area contributed by atoms with Gasteiger partial charge >= 0.3 is 6.18 Å². The van der Waals surface area contributed by atoms with Gasteiger partial charge in [0.15, 0.2) is 0 Å². The third-order valence-corrected chi connectivity index (χ3v) is 2.79. The van der Waals surface area contributed by atoms with Crippen LogP contribution in [0.2, 0.25) is 0 Å². The minimum absolute atomic E-state index is 0.0969. The number of pyridine rings is 1. The Balaban J connectivity index is 3.41. The third-order valence-electron chi connectivity index (χ3n) is 2.79. The van der Waals surface area contributed by atoms with Crippen LogP contribution < -0.4 is 5.56 Å². The Labute approximate surface area is 91.7 Å². The molecule has 90 valence electrons. The first-order chi connectivity index (χ1) is 7.07. The van der Waals surface area contributed by atoms with E-state index < -0.39 is 11.6 Å². The van der Waals surface area contributed by atoms with E-state index in [1.807, 2.05) is 0 Å². The zero-order valence-corrected chi connectivity index (χ0v) is 9.64. The van der Waals surface area contributed by atoms with Gasteiger partial charge in [0.25, 0.3) is 5.56 Å². The molecule has 5 heteroatoms. The number of alkyl halides is 3. The lowest BCUT2D eigenvalue weighted by Crippen LogP contribution is -2.37. The van der Waals surface area contributed by atoms with Gasteiger partial charge in [-0.25, -0.2) is 0 Å². The average Bonchev–Trinajstić information content (AvgIpc) is 2.11. The maximum absolute atomic E-state index is 12.8. The molecule has 1 heterocycles. The Morgan fingerprint density at radius 2 is 1.75 bits per heavy atom. The van der Waals surface area contributed by atoms with Crippen LogP contribution in [-0.4, -0.2) is 10.7 Å². The number of halogens is 3. The van der Waals surface area contributed by atoms with Crippen molar-refractivity contribution in [1.82, 2.24) is 4.57 Å². The number of aromatic nitrogens is 1. The topological polar surface area (TPSA) is 22.0 Å². The summed E-state index contributed by atoms with van der Waals surface area (Å²) in [5, 5.41) is 0.